The van der Waals surface area contributed by atoms with Crippen molar-refractivity contribution in [2.75, 3.05) is 20.2 Å². The lowest BCUT2D eigenvalue weighted by atomic mass is 10.2. The fraction of sp³-hybridized carbons (Fsp3) is 0.625. The van der Waals surface area contributed by atoms with Crippen molar-refractivity contribution in [1.29, 1.82) is 0 Å². The van der Waals surface area contributed by atoms with E-state index >= 15 is 0 Å². The maximum absolute atomic E-state index is 5.47. The van der Waals surface area contributed by atoms with E-state index in [1.54, 1.807) is 7.05 Å². The number of nitrogens with zero attached hydrogens (tertiary/aromatic N) is 2. The van der Waals surface area contributed by atoms with Crippen molar-refractivity contribution in [1.82, 2.24) is 15.6 Å². The Bertz CT molecular complexity index is 409. The number of halogens is 1. The number of unbranched alkanes of at least 4 members (excludes halogenated alkanes) is 2. The van der Waals surface area contributed by atoms with E-state index in [4.69, 9.17) is 4.74 Å². The van der Waals surface area contributed by atoms with Crippen molar-refractivity contribution in [3.8, 4) is 5.88 Å². The summed E-state index contributed by atoms with van der Waals surface area (Å²) in [5, 5.41) is 6.59. The second kappa shape index (κ2) is 13.6. The Balaban J connectivity index is 0.00000441. The van der Waals surface area contributed by atoms with E-state index in [1.807, 2.05) is 18.3 Å². The van der Waals surface area contributed by atoms with Gasteiger partial charge in [0.1, 0.15) is 0 Å². The quantitative estimate of drug-likeness (QED) is 0.279. The Kier molecular flexibility index (Phi) is 13.0. The SMILES string of the molecule is CCCCCNC(=NC)NCc1ccc(OCCC)nc1.I. The normalized spacial score (nSPS) is 10.8. The molecule has 0 amide bonds. The van der Waals surface area contributed by atoms with Gasteiger partial charge in [-0.05, 0) is 18.4 Å². The minimum Gasteiger partial charge on any atom is -0.478 e. The monoisotopic (exact) mass is 420 g/mol. The first-order valence-electron chi connectivity index (χ1n) is 7.82. The highest BCUT2D eigenvalue weighted by molar-refractivity contribution is 14.0. The third-order valence-electron chi connectivity index (χ3n) is 3.01. The zero-order chi connectivity index (χ0) is 15.3. The van der Waals surface area contributed by atoms with Gasteiger partial charge in [-0.2, -0.15) is 0 Å². The van der Waals surface area contributed by atoms with Gasteiger partial charge in [0, 0.05) is 32.4 Å². The second-order valence-electron chi connectivity index (χ2n) is 4.91. The predicted octanol–water partition coefficient (Wildman–Crippen LogP) is 3.34. The minimum absolute atomic E-state index is 0. The van der Waals surface area contributed by atoms with Crippen molar-refractivity contribution in [2.24, 2.45) is 4.99 Å². The third kappa shape index (κ3) is 9.07. The molecule has 0 aliphatic heterocycles. The average Bonchev–Trinajstić information content (AvgIpc) is 2.53. The first-order valence-corrected chi connectivity index (χ1v) is 7.82. The first kappa shape index (κ1) is 20.9. The second-order valence-corrected chi connectivity index (χ2v) is 4.91. The highest BCUT2D eigenvalue weighted by Crippen LogP contribution is 2.07. The van der Waals surface area contributed by atoms with Gasteiger partial charge in [0.15, 0.2) is 5.96 Å². The van der Waals surface area contributed by atoms with Crippen LogP contribution in [0.1, 0.15) is 45.1 Å². The number of aliphatic imine (C=N–C) groups is 1. The van der Waals surface area contributed by atoms with Gasteiger partial charge >= 0.3 is 0 Å². The summed E-state index contributed by atoms with van der Waals surface area (Å²) in [7, 11) is 1.79. The van der Waals surface area contributed by atoms with E-state index in [-0.39, 0.29) is 24.0 Å². The van der Waals surface area contributed by atoms with Crippen LogP contribution in [0.4, 0.5) is 0 Å². The summed E-state index contributed by atoms with van der Waals surface area (Å²) in [5.74, 6) is 1.51. The molecular weight excluding hydrogens is 391 g/mol. The summed E-state index contributed by atoms with van der Waals surface area (Å²) < 4.78 is 5.47. The van der Waals surface area contributed by atoms with Crippen LogP contribution in [-0.4, -0.2) is 31.1 Å². The van der Waals surface area contributed by atoms with Gasteiger partial charge in [-0.15, -0.1) is 24.0 Å². The molecule has 22 heavy (non-hydrogen) atoms. The van der Waals surface area contributed by atoms with E-state index in [0.29, 0.717) is 19.0 Å². The molecule has 0 radical (unpaired) electrons. The van der Waals surface area contributed by atoms with Gasteiger partial charge in [0.2, 0.25) is 5.88 Å². The number of pyridine rings is 1. The summed E-state index contributed by atoms with van der Waals surface area (Å²) in [6.07, 6.45) is 6.47. The molecule has 1 heterocycles. The number of hydrogen-bond acceptors (Lipinski definition) is 3. The van der Waals surface area contributed by atoms with Crippen molar-refractivity contribution >= 4 is 29.9 Å². The molecule has 0 saturated carbocycles. The van der Waals surface area contributed by atoms with Crippen LogP contribution in [0.2, 0.25) is 0 Å². The number of aromatic nitrogens is 1. The molecule has 1 rings (SSSR count). The van der Waals surface area contributed by atoms with E-state index in [0.717, 1.165) is 24.5 Å². The van der Waals surface area contributed by atoms with Crippen LogP contribution in [0.5, 0.6) is 5.88 Å². The van der Waals surface area contributed by atoms with Crippen LogP contribution in [-0.2, 0) is 6.54 Å². The average molecular weight is 420 g/mol. The number of nitrogens with one attached hydrogen (secondary N) is 2. The summed E-state index contributed by atoms with van der Waals surface area (Å²) in [6, 6.07) is 3.93. The molecule has 126 valence electrons. The van der Waals surface area contributed by atoms with Gasteiger partial charge < -0.3 is 15.4 Å². The molecule has 0 spiro atoms. The molecule has 0 bridgehead atoms. The molecule has 0 saturated heterocycles. The summed E-state index contributed by atoms with van der Waals surface area (Å²) in [4.78, 5) is 8.49. The molecule has 0 aliphatic carbocycles. The van der Waals surface area contributed by atoms with Gasteiger partial charge in [-0.3, -0.25) is 4.99 Å². The van der Waals surface area contributed by atoms with Crippen molar-refractivity contribution in [3.05, 3.63) is 23.9 Å². The zero-order valence-corrected chi connectivity index (χ0v) is 16.2. The van der Waals surface area contributed by atoms with Crippen molar-refractivity contribution in [2.45, 2.75) is 46.1 Å². The molecule has 6 heteroatoms. The molecule has 0 fully saturated rings. The lowest BCUT2D eigenvalue weighted by molar-refractivity contribution is 0.305. The molecule has 2 N–H and O–H groups in total. The maximum atomic E-state index is 5.47. The summed E-state index contributed by atoms with van der Waals surface area (Å²) in [6.45, 7) is 6.65. The fourth-order valence-electron chi connectivity index (χ4n) is 1.80. The van der Waals surface area contributed by atoms with Crippen LogP contribution in [0, 0.1) is 0 Å². The van der Waals surface area contributed by atoms with Crippen molar-refractivity contribution in [3.63, 3.8) is 0 Å². The Morgan fingerprint density at radius 1 is 1.18 bits per heavy atom. The highest BCUT2D eigenvalue weighted by atomic mass is 127. The highest BCUT2D eigenvalue weighted by Gasteiger charge is 1.99. The molecule has 1 aromatic rings. The van der Waals surface area contributed by atoms with Gasteiger partial charge in [0.05, 0.1) is 6.61 Å². The van der Waals surface area contributed by atoms with Crippen LogP contribution in [0.25, 0.3) is 0 Å². The third-order valence-corrected chi connectivity index (χ3v) is 3.01. The molecule has 0 atom stereocenters. The lowest BCUT2D eigenvalue weighted by Gasteiger charge is -2.12. The smallest absolute Gasteiger partial charge is 0.213 e. The van der Waals surface area contributed by atoms with Gasteiger partial charge in [0.25, 0.3) is 0 Å². The lowest BCUT2D eigenvalue weighted by Crippen LogP contribution is -2.37. The van der Waals surface area contributed by atoms with Crippen molar-refractivity contribution < 1.29 is 4.74 Å². The molecule has 5 nitrogen and oxygen atoms in total. The standard InChI is InChI=1S/C16H28N4O.HI/c1-4-6-7-10-18-16(17-3)20-13-14-8-9-15(19-12-14)21-11-5-2;/h8-9,12H,4-7,10-11,13H2,1-3H3,(H2,17,18,20);1H. The number of guanidine groups is 1. The first-order chi connectivity index (χ1) is 10.3. The molecule has 0 aliphatic rings. The summed E-state index contributed by atoms with van der Waals surface area (Å²) in [5.41, 5.74) is 1.11. The van der Waals surface area contributed by atoms with Gasteiger partial charge in [-0.25, -0.2) is 4.98 Å². The number of rotatable bonds is 9. The molecule has 0 aromatic carbocycles. The van der Waals surface area contributed by atoms with Crippen LogP contribution >= 0.6 is 24.0 Å². The fourth-order valence-corrected chi connectivity index (χ4v) is 1.80. The Hall–Kier alpha value is -1.05. The Morgan fingerprint density at radius 2 is 2.00 bits per heavy atom. The van der Waals surface area contributed by atoms with E-state index in [2.05, 4.69) is 34.5 Å². The zero-order valence-electron chi connectivity index (χ0n) is 13.9. The maximum Gasteiger partial charge on any atom is 0.213 e. The van der Waals surface area contributed by atoms with E-state index in [1.165, 1.54) is 19.3 Å². The van der Waals surface area contributed by atoms with Crippen LogP contribution in [0.15, 0.2) is 23.3 Å². The predicted molar refractivity (Wildman–Crippen MR) is 103 cm³/mol. The minimum atomic E-state index is 0. The Morgan fingerprint density at radius 3 is 2.59 bits per heavy atom. The number of ether oxygens (including phenoxy) is 1. The largest absolute Gasteiger partial charge is 0.478 e. The Labute approximate surface area is 151 Å². The summed E-state index contributed by atoms with van der Waals surface area (Å²) >= 11 is 0. The van der Waals surface area contributed by atoms with Gasteiger partial charge in [-0.1, -0.05) is 32.8 Å². The molecular formula is C16H29IN4O. The van der Waals surface area contributed by atoms with Crippen LogP contribution < -0.4 is 15.4 Å². The van der Waals surface area contributed by atoms with E-state index < -0.39 is 0 Å². The van der Waals surface area contributed by atoms with E-state index in [9.17, 15) is 0 Å². The topological polar surface area (TPSA) is 58.5 Å². The van der Waals surface area contributed by atoms with Crippen LogP contribution in [0.3, 0.4) is 0 Å². The number of hydrogen-bond donors (Lipinski definition) is 2. The molecule has 0 unspecified atom stereocenters. The molecule has 1 aromatic heterocycles.